The standard InChI is InChI=1S/C18H15ClN2O5S/c1-2-26-15-7-3-13(4-8-15)17(22)20-11-12-21(18(20)23)27(24,25)16-9-5-14(19)6-10-16/h3-12H,2H2,1H3. The summed E-state index contributed by atoms with van der Waals surface area (Å²) in [6.45, 7) is 2.32. The summed E-state index contributed by atoms with van der Waals surface area (Å²) in [5.41, 5.74) is -0.758. The smallest absolute Gasteiger partial charge is 0.349 e. The van der Waals surface area contributed by atoms with E-state index < -0.39 is 21.6 Å². The molecule has 3 rings (SSSR count). The number of hydrogen-bond donors (Lipinski definition) is 0. The second-order valence-corrected chi connectivity index (χ2v) is 7.72. The normalized spacial score (nSPS) is 11.3. The van der Waals surface area contributed by atoms with E-state index >= 15 is 0 Å². The van der Waals surface area contributed by atoms with Crippen LogP contribution >= 0.6 is 11.6 Å². The molecule has 140 valence electrons. The minimum atomic E-state index is -4.14. The highest BCUT2D eigenvalue weighted by Gasteiger charge is 2.22. The van der Waals surface area contributed by atoms with E-state index in [2.05, 4.69) is 0 Å². The Morgan fingerprint density at radius 2 is 1.67 bits per heavy atom. The molecule has 0 aliphatic carbocycles. The van der Waals surface area contributed by atoms with Crippen molar-refractivity contribution in [3.8, 4) is 5.75 Å². The van der Waals surface area contributed by atoms with Gasteiger partial charge in [-0.2, -0.15) is 3.97 Å². The number of benzene rings is 2. The third-order valence-electron chi connectivity index (χ3n) is 3.75. The Morgan fingerprint density at radius 3 is 2.26 bits per heavy atom. The number of rotatable bonds is 5. The second-order valence-electron chi connectivity index (χ2n) is 5.47. The summed E-state index contributed by atoms with van der Waals surface area (Å²) in [7, 11) is -4.14. The van der Waals surface area contributed by atoms with Crippen LogP contribution in [0.5, 0.6) is 5.75 Å². The Kier molecular flexibility index (Phi) is 5.20. The molecule has 7 nitrogen and oxygen atoms in total. The summed E-state index contributed by atoms with van der Waals surface area (Å²) in [5.74, 6) is -0.0580. The molecule has 0 aliphatic rings. The van der Waals surface area contributed by atoms with E-state index in [1.807, 2.05) is 6.92 Å². The Morgan fingerprint density at radius 1 is 1.04 bits per heavy atom. The van der Waals surface area contributed by atoms with Gasteiger partial charge in [0.05, 0.1) is 11.5 Å². The van der Waals surface area contributed by atoms with Crippen LogP contribution in [0.2, 0.25) is 5.02 Å². The summed E-state index contributed by atoms with van der Waals surface area (Å²) in [4.78, 5) is 25.0. The second kappa shape index (κ2) is 7.42. The van der Waals surface area contributed by atoms with Gasteiger partial charge < -0.3 is 4.74 Å². The molecule has 0 saturated heterocycles. The fraction of sp³-hybridized carbons (Fsp3) is 0.111. The monoisotopic (exact) mass is 406 g/mol. The molecular formula is C18H15ClN2O5S. The molecule has 1 heterocycles. The van der Waals surface area contributed by atoms with E-state index in [-0.39, 0.29) is 10.5 Å². The van der Waals surface area contributed by atoms with Gasteiger partial charge in [-0.1, -0.05) is 11.6 Å². The van der Waals surface area contributed by atoms with Crippen LogP contribution in [0.1, 0.15) is 17.3 Å². The third-order valence-corrected chi connectivity index (χ3v) is 5.66. The average Bonchev–Trinajstić information content (AvgIpc) is 3.04. The van der Waals surface area contributed by atoms with Gasteiger partial charge in [-0.3, -0.25) is 4.79 Å². The molecule has 0 radical (unpaired) electrons. The highest BCUT2D eigenvalue weighted by molar-refractivity contribution is 7.90. The van der Waals surface area contributed by atoms with Crippen molar-refractivity contribution in [2.45, 2.75) is 11.8 Å². The van der Waals surface area contributed by atoms with E-state index in [4.69, 9.17) is 16.3 Å². The third kappa shape index (κ3) is 3.67. The lowest BCUT2D eigenvalue weighted by Crippen LogP contribution is -2.32. The molecule has 0 unspecified atom stereocenters. The van der Waals surface area contributed by atoms with E-state index in [0.717, 1.165) is 17.0 Å². The first-order valence-corrected chi connectivity index (χ1v) is 9.75. The SMILES string of the molecule is CCOc1ccc(C(=O)n2ccn(S(=O)(=O)c3ccc(Cl)cc3)c2=O)cc1. The molecule has 0 amide bonds. The quantitative estimate of drug-likeness (QED) is 0.650. The highest BCUT2D eigenvalue weighted by Crippen LogP contribution is 2.16. The Hall–Kier alpha value is -2.84. The molecule has 1 aromatic heterocycles. The maximum absolute atomic E-state index is 12.6. The first-order valence-electron chi connectivity index (χ1n) is 7.93. The molecule has 0 N–H and O–H groups in total. The number of halogens is 1. The van der Waals surface area contributed by atoms with Crippen LogP contribution in [-0.4, -0.2) is 29.5 Å². The number of imidazole rings is 1. The van der Waals surface area contributed by atoms with E-state index in [1.54, 1.807) is 12.1 Å². The zero-order valence-corrected chi connectivity index (χ0v) is 15.8. The molecule has 0 spiro atoms. The Balaban J connectivity index is 1.96. The van der Waals surface area contributed by atoms with E-state index in [9.17, 15) is 18.0 Å². The van der Waals surface area contributed by atoms with Gasteiger partial charge in [-0.15, -0.1) is 0 Å². The molecule has 2 aromatic carbocycles. The number of aromatic nitrogens is 2. The van der Waals surface area contributed by atoms with Crippen molar-refractivity contribution in [3.05, 3.63) is 82.0 Å². The van der Waals surface area contributed by atoms with Gasteiger partial charge in [-0.25, -0.2) is 17.8 Å². The fourth-order valence-electron chi connectivity index (χ4n) is 2.42. The van der Waals surface area contributed by atoms with Crippen molar-refractivity contribution in [2.75, 3.05) is 6.61 Å². The van der Waals surface area contributed by atoms with Crippen molar-refractivity contribution in [1.29, 1.82) is 0 Å². The summed E-state index contributed by atoms with van der Waals surface area (Å²) in [6, 6.07) is 11.6. The van der Waals surface area contributed by atoms with Gasteiger partial charge in [0.15, 0.2) is 0 Å². The minimum Gasteiger partial charge on any atom is -0.494 e. The lowest BCUT2D eigenvalue weighted by Gasteiger charge is -2.05. The average molecular weight is 407 g/mol. The first-order chi connectivity index (χ1) is 12.8. The van der Waals surface area contributed by atoms with Crippen LogP contribution in [0.15, 0.2) is 70.6 Å². The fourth-order valence-corrected chi connectivity index (χ4v) is 3.76. The van der Waals surface area contributed by atoms with E-state index in [1.165, 1.54) is 36.4 Å². The van der Waals surface area contributed by atoms with Crippen molar-refractivity contribution in [3.63, 3.8) is 0 Å². The molecule has 0 fully saturated rings. The van der Waals surface area contributed by atoms with Crippen molar-refractivity contribution >= 4 is 27.5 Å². The number of nitrogens with zero attached hydrogens (tertiary/aromatic N) is 2. The van der Waals surface area contributed by atoms with Gasteiger partial charge in [0.1, 0.15) is 5.75 Å². The molecule has 27 heavy (non-hydrogen) atoms. The lowest BCUT2D eigenvalue weighted by atomic mass is 10.2. The summed E-state index contributed by atoms with van der Waals surface area (Å²) in [5, 5.41) is 0.365. The van der Waals surface area contributed by atoms with Crippen molar-refractivity contribution in [2.24, 2.45) is 0 Å². The van der Waals surface area contributed by atoms with Crippen LogP contribution in [0, 0.1) is 0 Å². The van der Waals surface area contributed by atoms with Crippen molar-refractivity contribution < 1.29 is 17.9 Å². The molecule has 0 atom stereocenters. The molecule has 0 bridgehead atoms. The summed E-state index contributed by atoms with van der Waals surface area (Å²) < 4.78 is 31.8. The topological polar surface area (TPSA) is 87.4 Å². The number of carbonyl (C=O) groups excluding carboxylic acids is 1. The summed E-state index contributed by atoms with van der Waals surface area (Å²) in [6.07, 6.45) is 2.16. The molecule has 9 heteroatoms. The Labute approximate surface area is 160 Å². The Bertz CT molecular complexity index is 1130. The van der Waals surface area contributed by atoms with Gasteiger partial charge in [0.25, 0.3) is 15.9 Å². The van der Waals surface area contributed by atoms with Gasteiger partial charge in [-0.05, 0) is 55.5 Å². The van der Waals surface area contributed by atoms with Crippen LogP contribution in [0.25, 0.3) is 0 Å². The lowest BCUT2D eigenvalue weighted by molar-refractivity contribution is 0.0956. The molecule has 0 aliphatic heterocycles. The van der Waals surface area contributed by atoms with Crippen LogP contribution in [-0.2, 0) is 10.0 Å². The number of carbonyl (C=O) groups is 1. The zero-order chi connectivity index (χ0) is 19.6. The van der Waals surface area contributed by atoms with Crippen LogP contribution in [0.3, 0.4) is 0 Å². The first kappa shape index (κ1) is 18.9. The zero-order valence-electron chi connectivity index (χ0n) is 14.2. The van der Waals surface area contributed by atoms with Gasteiger partial charge >= 0.3 is 5.69 Å². The van der Waals surface area contributed by atoms with E-state index in [0.29, 0.717) is 21.4 Å². The van der Waals surface area contributed by atoms with Crippen LogP contribution < -0.4 is 10.4 Å². The van der Waals surface area contributed by atoms with Gasteiger partial charge in [0, 0.05) is 23.0 Å². The summed E-state index contributed by atoms with van der Waals surface area (Å²) >= 11 is 5.76. The highest BCUT2D eigenvalue weighted by atomic mass is 35.5. The van der Waals surface area contributed by atoms with Crippen molar-refractivity contribution in [1.82, 2.24) is 8.54 Å². The predicted molar refractivity (Wildman–Crippen MR) is 100 cm³/mol. The molecular weight excluding hydrogens is 392 g/mol. The number of ether oxygens (including phenoxy) is 1. The number of hydrogen-bond acceptors (Lipinski definition) is 5. The predicted octanol–water partition coefficient (Wildman–Crippen LogP) is 2.63. The van der Waals surface area contributed by atoms with Gasteiger partial charge in [0.2, 0.25) is 0 Å². The maximum atomic E-state index is 12.6. The minimum absolute atomic E-state index is 0.111. The molecule has 3 aromatic rings. The van der Waals surface area contributed by atoms with Crippen LogP contribution in [0.4, 0.5) is 0 Å². The maximum Gasteiger partial charge on any atom is 0.349 e. The largest absolute Gasteiger partial charge is 0.494 e. The molecule has 0 saturated carbocycles.